The molecule has 1 spiro atoms. The number of amides is 2. The van der Waals surface area contributed by atoms with E-state index in [1.165, 1.54) is 21.6 Å². The highest BCUT2D eigenvalue weighted by atomic mass is 79.9. The van der Waals surface area contributed by atoms with Crippen LogP contribution >= 0.6 is 39.3 Å². The number of fused-ring (bicyclic) bond motifs is 1. The van der Waals surface area contributed by atoms with Gasteiger partial charge < -0.3 is 20.0 Å². The number of nitrogens with zero attached hydrogens (tertiary/aromatic N) is 2. The van der Waals surface area contributed by atoms with E-state index in [4.69, 9.17) is 11.6 Å². The summed E-state index contributed by atoms with van der Waals surface area (Å²) < 4.78 is -0.903. The first-order valence-electron chi connectivity index (χ1n) is 10.3. The van der Waals surface area contributed by atoms with Crippen LogP contribution in [0.5, 0.6) is 0 Å². The molecule has 3 aliphatic rings. The standard InChI is InChI=1S/C22H24BrClN2O5S/c1-3-8-25(14-7-5-4-6-13(14)24)20(29)18-22-9-12(23)17(32-22)15(21(30)31)16(22)19(28)26(18)11(2)10-27/h3-7,11-12,15-18,27H,1,8-10H2,2H3,(H,30,31)/t11-,12?,15+,16+,17+,18?,22?/m1/s1. The number of benzene rings is 1. The average molecular weight is 544 g/mol. The molecule has 7 atom stereocenters. The molecule has 4 rings (SSSR count). The lowest BCUT2D eigenvalue weighted by Crippen LogP contribution is -2.57. The van der Waals surface area contributed by atoms with Gasteiger partial charge in [0, 0.05) is 16.6 Å². The van der Waals surface area contributed by atoms with Crippen LogP contribution < -0.4 is 4.90 Å². The molecule has 0 aliphatic carbocycles. The van der Waals surface area contributed by atoms with E-state index in [2.05, 4.69) is 22.5 Å². The number of anilines is 1. The number of carbonyl (C=O) groups excluding carboxylic acids is 2. The summed E-state index contributed by atoms with van der Waals surface area (Å²) in [4.78, 5) is 42.7. The third kappa shape index (κ3) is 3.31. The number of likely N-dealkylation sites (tertiary alicyclic amines) is 1. The monoisotopic (exact) mass is 542 g/mol. The Balaban J connectivity index is 1.85. The first kappa shape index (κ1) is 23.6. The Labute approximate surface area is 203 Å². The second kappa shape index (κ2) is 8.66. The Hall–Kier alpha value is -1.55. The number of halogens is 2. The predicted molar refractivity (Wildman–Crippen MR) is 127 cm³/mol. The molecule has 3 aliphatic heterocycles. The number of para-hydroxylation sites is 1. The van der Waals surface area contributed by atoms with Crippen LogP contribution in [0, 0.1) is 11.8 Å². The number of carboxylic acids is 1. The SMILES string of the molecule is C=CCN(C(=O)C1N([C@H](C)CO)C(=O)[C@@H]2[C@H](C(=O)O)[C@H]3SC12CC3Br)c1ccccc1Cl. The molecule has 0 aromatic heterocycles. The number of carbonyl (C=O) groups is 3. The summed E-state index contributed by atoms with van der Waals surface area (Å²) in [5.74, 6) is -3.50. The number of hydrogen-bond acceptors (Lipinski definition) is 5. The van der Waals surface area contributed by atoms with Crippen molar-refractivity contribution in [1.82, 2.24) is 4.90 Å². The summed E-state index contributed by atoms with van der Waals surface area (Å²) in [6.07, 6.45) is 2.07. The van der Waals surface area contributed by atoms with Gasteiger partial charge in [-0.15, -0.1) is 18.3 Å². The number of alkyl halides is 1. The molecule has 172 valence electrons. The normalized spacial score (nSPS) is 33.8. The van der Waals surface area contributed by atoms with Gasteiger partial charge in [0.1, 0.15) is 6.04 Å². The van der Waals surface area contributed by atoms with E-state index in [0.717, 1.165) is 0 Å². The largest absolute Gasteiger partial charge is 0.481 e. The molecule has 0 saturated carbocycles. The van der Waals surface area contributed by atoms with Crippen LogP contribution in [-0.4, -0.2) is 73.0 Å². The van der Waals surface area contributed by atoms with Gasteiger partial charge in [-0.1, -0.05) is 45.7 Å². The molecule has 1 aromatic carbocycles. The maximum Gasteiger partial charge on any atom is 0.308 e. The van der Waals surface area contributed by atoms with Gasteiger partial charge in [-0.05, 0) is 25.5 Å². The van der Waals surface area contributed by atoms with Gasteiger partial charge >= 0.3 is 5.97 Å². The zero-order valence-corrected chi connectivity index (χ0v) is 20.5. The van der Waals surface area contributed by atoms with Crippen LogP contribution in [0.1, 0.15) is 13.3 Å². The minimum Gasteiger partial charge on any atom is -0.481 e. The summed E-state index contributed by atoms with van der Waals surface area (Å²) in [5.41, 5.74) is 0.491. The van der Waals surface area contributed by atoms with Crippen LogP contribution in [0.3, 0.4) is 0 Å². The maximum atomic E-state index is 14.1. The van der Waals surface area contributed by atoms with Crippen molar-refractivity contribution >= 4 is 62.8 Å². The van der Waals surface area contributed by atoms with E-state index >= 15 is 0 Å². The third-order valence-electron chi connectivity index (χ3n) is 6.71. The van der Waals surface area contributed by atoms with Gasteiger partial charge in [-0.3, -0.25) is 14.4 Å². The molecule has 2 N–H and O–H groups in total. The van der Waals surface area contributed by atoms with Gasteiger partial charge in [0.25, 0.3) is 5.91 Å². The summed E-state index contributed by atoms with van der Waals surface area (Å²) in [7, 11) is 0. The predicted octanol–water partition coefficient (Wildman–Crippen LogP) is 2.79. The minimum absolute atomic E-state index is 0.134. The lowest BCUT2D eigenvalue weighted by atomic mass is 9.71. The maximum absolute atomic E-state index is 14.1. The molecular formula is C22H24BrClN2O5S. The molecule has 3 fully saturated rings. The number of rotatable bonds is 7. The fourth-order valence-electron chi connectivity index (χ4n) is 5.45. The quantitative estimate of drug-likeness (QED) is 0.405. The average Bonchev–Trinajstić information content (AvgIpc) is 3.35. The first-order valence-corrected chi connectivity index (χ1v) is 12.5. The molecule has 7 nitrogen and oxygen atoms in total. The summed E-state index contributed by atoms with van der Waals surface area (Å²) in [6, 6.07) is 5.36. The lowest BCUT2D eigenvalue weighted by Gasteiger charge is -2.39. The summed E-state index contributed by atoms with van der Waals surface area (Å²) in [6.45, 7) is 5.26. The molecular weight excluding hydrogens is 520 g/mol. The number of aliphatic hydroxyl groups excluding tert-OH is 1. The van der Waals surface area contributed by atoms with Crippen molar-refractivity contribution in [2.45, 2.75) is 40.3 Å². The molecule has 0 radical (unpaired) electrons. The Kier molecular flexibility index (Phi) is 6.39. The number of hydrogen-bond donors (Lipinski definition) is 2. The van der Waals surface area contributed by atoms with E-state index in [1.807, 2.05) is 0 Å². The molecule has 32 heavy (non-hydrogen) atoms. The molecule has 2 amide bonds. The molecule has 3 heterocycles. The van der Waals surface area contributed by atoms with Gasteiger partial charge in [0.05, 0.1) is 39.9 Å². The van der Waals surface area contributed by atoms with Crippen molar-refractivity contribution in [3.8, 4) is 0 Å². The van der Waals surface area contributed by atoms with Crippen LogP contribution in [0.15, 0.2) is 36.9 Å². The van der Waals surface area contributed by atoms with E-state index in [1.54, 1.807) is 37.3 Å². The smallest absolute Gasteiger partial charge is 0.308 e. The Morgan fingerprint density at radius 1 is 1.47 bits per heavy atom. The van der Waals surface area contributed by atoms with E-state index in [9.17, 15) is 24.6 Å². The highest BCUT2D eigenvalue weighted by Gasteiger charge is 2.76. The van der Waals surface area contributed by atoms with Gasteiger partial charge in [0.15, 0.2) is 0 Å². The Morgan fingerprint density at radius 3 is 2.75 bits per heavy atom. The number of aliphatic carboxylic acids is 1. The van der Waals surface area contributed by atoms with Gasteiger partial charge in [0.2, 0.25) is 5.91 Å². The summed E-state index contributed by atoms with van der Waals surface area (Å²) >= 11 is 11.4. The topological polar surface area (TPSA) is 98.2 Å². The van der Waals surface area contributed by atoms with Gasteiger partial charge in [-0.2, -0.15) is 0 Å². The fourth-order valence-corrected chi connectivity index (χ4v) is 9.27. The van der Waals surface area contributed by atoms with Crippen molar-refractivity contribution in [3.05, 3.63) is 41.9 Å². The zero-order valence-electron chi connectivity index (χ0n) is 17.4. The molecule has 3 unspecified atom stereocenters. The van der Waals surface area contributed by atoms with Crippen molar-refractivity contribution < 1.29 is 24.6 Å². The Bertz CT molecular complexity index is 979. The lowest BCUT2D eigenvalue weighted by molar-refractivity contribution is -0.149. The van der Waals surface area contributed by atoms with Crippen molar-refractivity contribution in [2.24, 2.45) is 11.8 Å². The van der Waals surface area contributed by atoms with Crippen molar-refractivity contribution in [2.75, 3.05) is 18.1 Å². The van der Waals surface area contributed by atoms with Crippen LogP contribution in [0.25, 0.3) is 0 Å². The van der Waals surface area contributed by atoms with Crippen LogP contribution in [-0.2, 0) is 14.4 Å². The van der Waals surface area contributed by atoms with Gasteiger partial charge in [-0.25, -0.2) is 0 Å². The van der Waals surface area contributed by atoms with E-state index in [0.29, 0.717) is 17.1 Å². The minimum atomic E-state index is -1.04. The highest BCUT2D eigenvalue weighted by Crippen LogP contribution is 2.68. The zero-order chi connectivity index (χ0) is 23.4. The Morgan fingerprint density at radius 2 is 2.16 bits per heavy atom. The molecule has 1 aromatic rings. The molecule has 2 bridgehead atoms. The van der Waals surface area contributed by atoms with E-state index < -0.39 is 34.6 Å². The van der Waals surface area contributed by atoms with Crippen molar-refractivity contribution in [1.29, 1.82) is 0 Å². The van der Waals surface area contributed by atoms with Crippen LogP contribution in [0.4, 0.5) is 5.69 Å². The first-order chi connectivity index (χ1) is 15.2. The van der Waals surface area contributed by atoms with E-state index in [-0.39, 0.29) is 35.0 Å². The number of carboxylic acid groups (broad SMARTS) is 1. The van der Waals surface area contributed by atoms with Crippen molar-refractivity contribution in [3.63, 3.8) is 0 Å². The van der Waals surface area contributed by atoms with Crippen LogP contribution in [0.2, 0.25) is 5.02 Å². The molecule has 3 saturated heterocycles. The third-order valence-corrected chi connectivity index (χ3v) is 10.2. The number of thioether (sulfide) groups is 1. The fraction of sp³-hybridized carbons (Fsp3) is 0.500. The second-order valence-corrected chi connectivity index (χ2v) is 11.6. The second-order valence-electron chi connectivity index (χ2n) is 8.47. The summed E-state index contributed by atoms with van der Waals surface area (Å²) in [5, 5.41) is 19.9. The highest BCUT2D eigenvalue weighted by molar-refractivity contribution is 9.09. The number of aliphatic hydroxyl groups is 1. The molecule has 10 heteroatoms.